The quantitative estimate of drug-likeness (QED) is 0.772. The van der Waals surface area contributed by atoms with Crippen molar-refractivity contribution in [1.82, 2.24) is 14.8 Å². The van der Waals surface area contributed by atoms with Gasteiger partial charge in [0.15, 0.2) is 5.82 Å². The number of pyridine rings is 1. The van der Waals surface area contributed by atoms with E-state index in [-0.39, 0.29) is 0 Å². The average Bonchev–Trinajstić information content (AvgIpc) is 2.95. The van der Waals surface area contributed by atoms with Crippen LogP contribution in [0.3, 0.4) is 0 Å². The molecule has 0 aliphatic carbocycles. The summed E-state index contributed by atoms with van der Waals surface area (Å²) in [6, 6.07) is 0. The highest BCUT2D eigenvalue weighted by atomic mass is 32.2. The maximum atomic E-state index is 11.2. The fraction of sp³-hybridized carbons (Fsp3) is 0.467. The predicted molar refractivity (Wildman–Crippen MR) is 92.6 cm³/mol. The Morgan fingerprint density at radius 2 is 2.21 bits per heavy atom. The monoisotopic (exact) mass is 351 g/mol. The summed E-state index contributed by atoms with van der Waals surface area (Å²) in [5.74, 6) is 0.806. The van der Waals surface area contributed by atoms with Crippen molar-refractivity contribution in [3.05, 3.63) is 29.2 Å². The molecular formula is C15H21N5O3S. The Morgan fingerprint density at radius 3 is 2.92 bits per heavy atom. The van der Waals surface area contributed by atoms with Crippen molar-refractivity contribution in [2.75, 3.05) is 31.5 Å². The molecule has 1 aromatic rings. The molecule has 1 N–H and O–H groups in total. The Balaban J connectivity index is 1.80. The largest absolute Gasteiger partial charge is 0.301 e. The van der Waals surface area contributed by atoms with Crippen molar-refractivity contribution in [2.45, 2.75) is 19.8 Å². The average molecular weight is 351 g/mol. The van der Waals surface area contributed by atoms with Gasteiger partial charge in [0.1, 0.15) is 12.4 Å². The summed E-state index contributed by atoms with van der Waals surface area (Å²) >= 11 is 0. The predicted octanol–water partition coefficient (Wildman–Crippen LogP) is 1.07. The topological polar surface area (TPSA) is 87.1 Å². The van der Waals surface area contributed by atoms with E-state index in [2.05, 4.69) is 14.7 Å². The van der Waals surface area contributed by atoms with Gasteiger partial charge in [-0.3, -0.25) is 9.83 Å². The highest BCUT2D eigenvalue weighted by Gasteiger charge is 2.29. The Bertz CT molecular complexity index is 804. The first-order valence-corrected chi connectivity index (χ1v) is 9.55. The van der Waals surface area contributed by atoms with Gasteiger partial charge in [0, 0.05) is 12.7 Å². The normalized spacial score (nSPS) is 16.2. The highest BCUT2D eigenvalue weighted by molar-refractivity contribution is 7.88. The summed E-state index contributed by atoms with van der Waals surface area (Å²) in [5.41, 5.74) is 3.94. The summed E-state index contributed by atoms with van der Waals surface area (Å²) < 4.78 is 24.8. The molecule has 2 aliphatic rings. The van der Waals surface area contributed by atoms with E-state index in [0.717, 1.165) is 34.8 Å². The first kappa shape index (κ1) is 16.9. The fourth-order valence-electron chi connectivity index (χ4n) is 2.80. The van der Waals surface area contributed by atoms with Crippen LogP contribution in [0.2, 0.25) is 0 Å². The third kappa shape index (κ3) is 3.42. The first-order valence-electron chi connectivity index (χ1n) is 7.66. The summed E-state index contributed by atoms with van der Waals surface area (Å²) in [7, 11) is -1.53. The van der Waals surface area contributed by atoms with Crippen LogP contribution < -0.4 is 9.62 Å². The smallest absolute Gasteiger partial charge is 0.208 e. The van der Waals surface area contributed by atoms with Crippen molar-refractivity contribution in [3.63, 3.8) is 0 Å². The molecule has 1 aromatic heterocycles. The molecule has 0 atom stereocenters. The van der Waals surface area contributed by atoms with Crippen LogP contribution >= 0.6 is 0 Å². The minimum atomic E-state index is -3.15. The number of nitrogens with one attached hydrogen (secondary N) is 1. The van der Waals surface area contributed by atoms with Crippen LogP contribution in [0.4, 0.5) is 11.5 Å². The van der Waals surface area contributed by atoms with Crippen LogP contribution in [-0.2, 0) is 21.3 Å². The van der Waals surface area contributed by atoms with Crippen molar-refractivity contribution in [2.24, 2.45) is 4.99 Å². The Morgan fingerprint density at radius 1 is 1.42 bits per heavy atom. The standard InChI is InChI=1S/C15H21N5O3S/c1-11-7-17-15-14(13(11)5-4-6-18-24(3,21)22)16-8-12-9-19(23-2)10-20(12)15/h7-9,18H,4-6,10H2,1-3H3. The number of aliphatic imine (C=N–C) groups is 1. The summed E-state index contributed by atoms with van der Waals surface area (Å²) in [4.78, 5) is 16.4. The van der Waals surface area contributed by atoms with Gasteiger partial charge in [-0.15, -0.1) is 0 Å². The highest BCUT2D eigenvalue weighted by Crippen LogP contribution is 2.39. The number of aromatic nitrogens is 1. The molecule has 24 heavy (non-hydrogen) atoms. The molecule has 3 heterocycles. The lowest BCUT2D eigenvalue weighted by Crippen LogP contribution is -2.29. The van der Waals surface area contributed by atoms with Gasteiger partial charge in [-0.1, -0.05) is 0 Å². The second-order valence-corrected chi connectivity index (χ2v) is 7.68. The van der Waals surface area contributed by atoms with Gasteiger partial charge in [0.2, 0.25) is 10.0 Å². The van der Waals surface area contributed by atoms with E-state index in [1.54, 1.807) is 18.4 Å². The number of anilines is 1. The number of hydrogen-bond acceptors (Lipinski definition) is 7. The van der Waals surface area contributed by atoms with Crippen LogP contribution in [0.1, 0.15) is 17.5 Å². The van der Waals surface area contributed by atoms with Gasteiger partial charge in [-0.25, -0.2) is 23.2 Å². The third-order valence-corrected chi connectivity index (χ3v) is 4.74. The molecule has 0 saturated heterocycles. The lowest BCUT2D eigenvalue weighted by Gasteiger charge is -2.26. The van der Waals surface area contributed by atoms with Gasteiger partial charge >= 0.3 is 0 Å². The van der Waals surface area contributed by atoms with Crippen molar-refractivity contribution < 1.29 is 13.3 Å². The van der Waals surface area contributed by atoms with E-state index in [0.29, 0.717) is 19.6 Å². The zero-order valence-corrected chi connectivity index (χ0v) is 14.8. The van der Waals surface area contributed by atoms with Crippen molar-refractivity contribution in [1.29, 1.82) is 0 Å². The molecule has 2 aliphatic heterocycles. The molecule has 9 heteroatoms. The first-order chi connectivity index (χ1) is 11.4. The molecule has 0 amide bonds. The number of sulfonamides is 1. The Hall–Kier alpha value is -1.97. The number of hydroxylamine groups is 2. The SMILES string of the molecule is CON1C=C2C=Nc3c(ncc(C)c3CCCNS(C)(=O)=O)N2C1. The zero-order valence-electron chi connectivity index (χ0n) is 14.0. The van der Waals surface area contributed by atoms with Crippen LogP contribution in [0, 0.1) is 6.92 Å². The Kier molecular flexibility index (Phi) is 4.57. The number of aryl methyl sites for hydroxylation is 1. The van der Waals surface area contributed by atoms with Crippen LogP contribution in [0.5, 0.6) is 0 Å². The van der Waals surface area contributed by atoms with Gasteiger partial charge in [-0.2, -0.15) is 0 Å². The van der Waals surface area contributed by atoms with Gasteiger partial charge in [-0.05, 0) is 30.9 Å². The van der Waals surface area contributed by atoms with Crippen LogP contribution in [0.15, 0.2) is 23.1 Å². The summed E-state index contributed by atoms with van der Waals surface area (Å²) in [6.45, 7) is 2.97. The van der Waals surface area contributed by atoms with E-state index in [1.165, 1.54) is 6.26 Å². The summed E-state index contributed by atoms with van der Waals surface area (Å²) in [5, 5.41) is 1.72. The molecule has 0 spiro atoms. The lowest BCUT2D eigenvalue weighted by molar-refractivity contribution is -0.0790. The van der Waals surface area contributed by atoms with Crippen LogP contribution in [-0.4, -0.2) is 51.3 Å². The maximum absolute atomic E-state index is 11.2. The number of hydrogen-bond donors (Lipinski definition) is 1. The van der Waals surface area contributed by atoms with Gasteiger partial charge in [0.25, 0.3) is 0 Å². The molecule has 130 valence electrons. The van der Waals surface area contributed by atoms with E-state index in [4.69, 9.17) is 4.84 Å². The fourth-order valence-corrected chi connectivity index (χ4v) is 3.32. The third-order valence-electron chi connectivity index (χ3n) is 4.01. The second kappa shape index (κ2) is 6.50. The molecule has 3 rings (SSSR count). The molecule has 0 aromatic carbocycles. The molecule has 0 radical (unpaired) electrons. The van der Waals surface area contributed by atoms with Crippen molar-refractivity contribution >= 4 is 27.7 Å². The molecule has 0 saturated carbocycles. The second-order valence-electron chi connectivity index (χ2n) is 5.84. The Labute approximate surface area is 141 Å². The van der Waals surface area contributed by atoms with E-state index in [9.17, 15) is 8.42 Å². The number of fused-ring (bicyclic) bond motifs is 3. The summed E-state index contributed by atoms with van der Waals surface area (Å²) in [6.07, 6.45) is 8.13. The number of nitrogens with zero attached hydrogens (tertiary/aromatic N) is 4. The molecule has 0 bridgehead atoms. The molecule has 8 nitrogen and oxygen atoms in total. The lowest BCUT2D eigenvalue weighted by atomic mass is 10.0. The van der Waals surface area contributed by atoms with E-state index in [1.807, 2.05) is 24.2 Å². The molecular weight excluding hydrogens is 330 g/mol. The van der Waals surface area contributed by atoms with Crippen molar-refractivity contribution in [3.8, 4) is 0 Å². The van der Waals surface area contributed by atoms with Gasteiger partial charge < -0.3 is 4.90 Å². The maximum Gasteiger partial charge on any atom is 0.208 e. The molecule has 0 unspecified atom stereocenters. The van der Waals surface area contributed by atoms with Gasteiger partial charge in [0.05, 0.1) is 31.5 Å². The zero-order chi connectivity index (χ0) is 17.3. The minimum Gasteiger partial charge on any atom is -0.301 e. The van der Waals surface area contributed by atoms with E-state index >= 15 is 0 Å². The number of rotatable bonds is 6. The van der Waals surface area contributed by atoms with E-state index < -0.39 is 10.0 Å². The number of allylic oxidation sites excluding steroid dienone is 1. The molecule has 0 fully saturated rings. The van der Waals surface area contributed by atoms with Crippen LogP contribution in [0.25, 0.3) is 0 Å². The minimum absolute atomic E-state index is 0.408.